The third kappa shape index (κ3) is 4.88. The average molecular weight is 601 g/mol. The van der Waals surface area contributed by atoms with Crippen LogP contribution in [0.2, 0.25) is 0 Å². The summed E-state index contributed by atoms with van der Waals surface area (Å²) >= 11 is 0. The molecule has 0 fully saturated rings. The summed E-state index contributed by atoms with van der Waals surface area (Å²) in [5.74, 6) is 2.60. The summed E-state index contributed by atoms with van der Waals surface area (Å²) < 4.78 is 6.71. The number of hydrogen-bond donors (Lipinski definition) is 0. The van der Waals surface area contributed by atoms with Crippen LogP contribution >= 0.6 is 0 Å². The molecule has 0 radical (unpaired) electrons. The number of aromatic nitrogens is 6. The van der Waals surface area contributed by atoms with E-state index in [1.54, 1.807) is 0 Å². The van der Waals surface area contributed by atoms with Gasteiger partial charge in [0, 0.05) is 34.6 Å². The van der Waals surface area contributed by atoms with Crippen LogP contribution in [0, 0.1) is 0 Å². The zero-order valence-electron chi connectivity index (χ0n) is 26.6. The first kappa shape index (κ1) is 29.0. The van der Waals surface area contributed by atoms with Crippen molar-refractivity contribution in [3.8, 4) is 34.2 Å². The highest BCUT2D eigenvalue weighted by Gasteiger charge is 2.21. The van der Waals surface area contributed by atoms with E-state index in [-0.39, 0.29) is 0 Å². The van der Waals surface area contributed by atoms with Crippen LogP contribution in [0.3, 0.4) is 0 Å². The molecule has 0 spiro atoms. The van der Waals surface area contributed by atoms with Gasteiger partial charge in [0.25, 0.3) is 0 Å². The fourth-order valence-electron chi connectivity index (χ4n) is 6.22. The van der Waals surface area contributed by atoms with Gasteiger partial charge in [0.05, 0.1) is 33.1 Å². The van der Waals surface area contributed by atoms with Crippen molar-refractivity contribution >= 4 is 44.5 Å². The summed E-state index contributed by atoms with van der Waals surface area (Å²) in [7, 11) is 0. The predicted molar refractivity (Wildman–Crippen MR) is 193 cm³/mol. The summed E-state index contributed by atoms with van der Waals surface area (Å²) in [6.45, 7) is 13.0. The van der Waals surface area contributed by atoms with E-state index in [1.165, 1.54) is 0 Å². The van der Waals surface area contributed by atoms with Crippen molar-refractivity contribution in [2.75, 3.05) is 0 Å². The minimum Gasteiger partial charge on any atom is -0.320 e. The fraction of sp³-hybridized carbons (Fsp3) is 0.125. The van der Waals surface area contributed by atoms with Gasteiger partial charge in [-0.05, 0) is 88.4 Å². The smallest absolute Gasteiger partial charge is 0.145 e. The molecule has 0 atom stereocenters. The SMILES string of the molecule is C=CCn1c(-c2cc(-c3nc4ccccc4n3/C(C)=C/C)cc(-c3nc4ccccc4n3/C(C)=C/C=C\C)c2)nc2ccccc21. The molecule has 6 nitrogen and oxygen atoms in total. The minimum absolute atomic E-state index is 0.634. The van der Waals surface area contributed by atoms with E-state index >= 15 is 0 Å². The molecule has 0 unspecified atom stereocenters. The Morgan fingerprint density at radius 1 is 0.630 bits per heavy atom. The van der Waals surface area contributed by atoms with E-state index in [0.717, 1.165) is 78.7 Å². The van der Waals surface area contributed by atoms with Gasteiger partial charge in [-0.1, -0.05) is 60.7 Å². The number of fused-ring (bicyclic) bond motifs is 3. The van der Waals surface area contributed by atoms with Gasteiger partial charge in [-0.3, -0.25) is 9.13 Å². The average Bonchev–Trinajstić information content (AvgIpc) is 3.79. The van der Waals surface area contributed by atoms with Crippen molar-refractivity contribution in [2.24, 2.45) is 0 Å². The predicted octanol–water partition coefficient (Wildman–Crippen LogP) is 10.2. The van der Waals surface area contributed by atoms with Crippen LogP contribution in [0.15, 0.2) is 128 Å². The maximum atomic E-state index is 5.22. The molecule has 0 N–H and O–H groups in total. The first-order valence-electron chi connectivity index (χ1n) is 15.6. The van der Waals surface area contributed by atoms with Crippen molar-refractivity contribution in [3.05, 3.63) is 128 Å². The zero-order valence-corrected chi connectivity index (χ0v) is 26.6. The van der Waals surface area contributed by atoms with Crippen LogP contribution in [0.5, 0.6) is 0 Å². The standard InChI is InChI=1S/C40H36N6/c1-6-9-16-28(5)46-37-22-15-12-19-34(37)43-40(46)31-25-29(38-41-32-17-10-13-20-35(32)44(38)23-7-2)24-30(26-31)39-42-33-18-11-14-21-36(33)45(39)27(4)8-3/h6-22,24-26H,2,23H2,1,3-5H3/b9-6-,27-8+,28-16+. The Bertz CT molecular complexity index is 2350. The Morgan fingerprint density at radius 3 is 1.61 bits per heavy atom. The summed E-state index contributed by atoms with van der Waals surface area (Å²) in [5, 5.41) is 0. The molecule has 7 aromatic rings. The van der Waals surface area contributed by atoms with Gasteiger partial charge in [-0.15, -0.1) is 6.58 Å². The first-order chi connectivity index (χ1) is 22.5. The van der Waals surface area contributed by atoms with E-state index in [4.69, 9.17) is 15.0 Å². The Labute approximate surface area is 269 Å². The lowest BCUT2D eigenvalue weighted by atomic mass is 10.0. The molecule has 3 heterocycles. The van der Waals surface area contributed by atoms with Gasteiger partial charge in [0.15, 0.2) is 0 Å². The maximum Gasteiger partial charge on any atom is 0.145 e. The Balaban J connectivity index is 1.58. The summed E-state index contributed by atoms with van der Waals surface area (Å²) in [6.07, 6.45) is 10.3. The maximum absolute atomic E-state index is 5.22. The molecule has 0 amide bonds. The quantitative estimate of drug-likeness (QED) is 0.129. The molecule has 0 aliphatic rings. The molecule has 3 aromatic heterocycles. The lowest BCUT2D eigenvalue weighted by Crippen LogP contribution is -2.02. The highest BCUT2D eigenvalue weighted by Crippen LogP contribution is 2.37. The largest absolute Gasteiger partial charge is 0.320 e. The van der Waals surface area contributed by atoms with Gasteiger partial charge < -0.3 is 4.57 Å². The second-order valence-electron chi connectivity index (χ2n) is 11.4. The van der Waals surface area contributed by atoms with Gasteiger partial charge in [0.2, 0.25) is 0 Å². The van der Waals surface area contributed by atoms with Crippen LogP contribution in [-0.4, -0.2) is 28.7 Å². The number of imidazole rings is 3. The highest BCUT2D eigenvalue weighted by atomic mass is 15.1. The van der Waals surface area contributed by atoms with Gasteiger partial charge in [0.1, 0.15) is 17.5 Å². The second kappa shape index (κ2) is 12.0. The third-order valence-electron chi connectivity index (χ3n) is 8.45. The molecule has 6 heteroatoms. The van der Waals surface area contributed by atoms with E-state index in [1.807, 2.05) is 37.3 Å². The van der Waals surface area contributed by atoms with Crippen LogP contribution in [0.1, 0.15) is 27.7 Å². The monoisotopic (exact) mass is 600 g/mol. The molecule has 46 heavy (non-hydrogen) atoms. The second-order valence-corrected chi connectivity index (χ2v) is 11.4. The molecule has 4 aromatic carbocycles. The van der Waals surface area contributed by atoms with E-state index < -0.39 is 0 Å². The van der Waals surface area contributed by atoms with E-state index in [9.17, 15) is 0 Å². The Kier molecular flexibility index (Phi) is 7.55. The van der Waals surface area contributed by atoms with Crippen molar-refractivity contribution in [1.29, 1.82) is 0 Å². The molecule has 0 saturated carbocycles. The molecule has 7 rings (SSSR count). The molecule has 226 valence electrons. The van der Waals surface area contributed by atoms with Gasteiger partial charge >= 0.3 is 0 Å². The van der Waals surface area contributed by atoms with E-state index in [2.05, 4.69) is 132 Å². The third-order valence-corrected chi connectivity index (χ3v) is 8.45. The van der Waals surface area contributed by atoms with Gasteiger partial charge in [-0.2, -0.15) is 0 Å². The number of hydrogen-bond acceptors (Lipinski definition) is 3. The normalized spacial score (nSPS) is 12.7. The Hall–Kier alpha value is -5.75. The fourth-order valence-corrected chi connectivity index (χ4v) is 6.22. The molecule has 0 aliphatic heterocycles. The van der Waals surface area contributed by atoms with Crippen molar-refractivity contribution in [1.82, 2.24) is 28.7 Å². The Morgan fingerprint density at radius 2 is 1.09 bits per heavy atom. The summed E-state index contributed by atoms with van der Waals surface area (Å²) in [4.78, 5) is 15.6. The minimum atomic E-state index is 0.634. The molecule has 0 saturated heterocycles. The lowest BCUT2D eigenvalue weighted by molar-refractivity contribution is 0.862. The number of benzene rings is 4. The zero-order chi connectivity index (χ0) is 31.8. The number of rotatable bonds is 8. The number of para-hydroxylation sites is 6. The number of nitrogens with zero attached hydrogens (tertiary/aromatic N) is 6. The van der Waals surface area contributed by atoms with Gasteiger partial charge in [-0.25, -0.2) is 15.0 Å². The van der Waals surface area contributed by atoms with Crippen LogP contribution in [-0.2, 0) is 6.54 Å². The van der Waals surface area contributed by atoms with Crippen LogP contribution in [0.25, 0.3) is 78.7 Å². The van der Waals surface area contributed by atoms with Crippen molar-refractivity contribution < 1.29 is 0 Å². The topological polar surface area (TPSA) is 53.5 Å². The lowest BCUT2D eigenvalue weighted by Gasteiger charge is -2.15. The summed E-state index contributed by atoms with van der Waals surface area (Å²) in [6, 6.07) is 31.5. The van der Waals surface area contributed by atoms with Crippen LogP contribution in [0.4, 0.5) is 0 Å². The van der Waals surface area contributed by atoms with Crippen molar-refractivity contribution in [2.45, 2.75) is 34.2 Å². The van der Waals surface area contributed by atoms with Crippen molar-refractivity contribution in [3.63, 3.8) is 0 Å². The molecular formula is C40H36N6. The molecule has 0 bridgehead atoms. The molecular weight excluding hydrogens is 564 g/mol. The van der Waals surface area contributed by atoms with E-state index in [0.29, 0.717) is 6.54 Å². The van der Waals surface area contributed by atoms with Crippen LogP contribution < -0.4 is 0 Å². The summed E-state index contributed by atoms with van der Waals surface area (Å²) in [5.41, 5.74) is 11.1. The number of allylic oxidation sites excluding steroid dienone is 7. The first-order valence-corrected chi connectivity index (χ1v) is 15.6. The highest BCUT2D eigenvalue weighted by molar-refractivity contribution is 5.90. The molecule has 0 aliphatic carbocycles.